The van der Waals surface area contributed by atoms with Gasteiger partial charge in [-0.15, -0.1) is 0 Å². The van der Waals surface area contributed by atoms with Crippen molar-refractivity contribution in [2.75, 3.05) is 5.32 Å². The van der Waals surface area contributed by atoms with Crippen LogP contribution in [0.5, 0.6) is 0 Å². The van der Waals surface area contributed by atoms with Gasteiger partial charge in [0.05, 0.1) is 23.1 Å². The highest BCUT2D eigenvalue weighted by molar-refractivity contribution is 6.30. The predicted molar refractivity (Wildman–Crippen MR) is 118 cm³/mol. The van der Waals surface area contributed by atoms with Crippen LogP contribution in [0, 0.1) is 11.6 Å². The molecule has 0 fully saturated rings. The number of hydrogen-bond acceptors (Lipinski definition) is 3. The number of aromatic nitrogens is 2. The second-order valence-corrected chi connectivity index (χ2v) is 7.51. The van der Waals surface area contributed by atoms with Crippen LogP contribution in [-0.2, 0) is 17.9 Å². The van der Waals surface area contributed by atoms with E-state index in [1.165, 1.54) is 0 Å². The SMILES string of the molecule is O=C(Cn1c(=O)n(Cc2ccc(Cl)cc2)c(=O)c2ccccc21)Nc1ccc(F)cc1F. The lowest BCUT2D eigenvalue weighted by Crippen LogP contribution is -2.42. The second-order valence-electron chi connectivity index (χ2n) is 7.08. The Morgan fingerprint density at radius 2 is 1.66 bits per heavy atom. The molecule has 0 aliphatic carbocycles. The molecule has 4 rings (SSSR count). The standard InChI is InChI=1S/C23H16ClF2N3O3/c24-15-7-5-14(6-8-15)12-29-22(31)17-3-1-2-4-20(17)28(23(29)32)13-21(30)27-19-10-9-16(25)11-18(19)26/h1-11H,12-13H2,(H,27,30). The molecule has 1 N–H and O–H groups in total. The number of nitrogens with one attached hydrogen (secondary N) is 1. The van der Waals surface area contributed by atoms with Crippen LogP contribution in [0.1, 0.15) is 5.56 Å². The fourth-order valence-corrected chi connectivity index (χ4v) is 3.49. The van der Waals surface area contributed by atoms with Gasteiger partial charge in [-0.25, -0.2) is 13.6 Å². The maximum atomic E-state index is 13.9. The molecule has 162 valence electrons. The Morgan fingerprint density at radius 3 is 2.38 bits per heavy atom. The molecular weight excluding hydrogens is 440 g/mol. The van der Waals surface area contributed by atoms with Gasteiger partial charge in [0.2, 0.25) is 5.91 Å². The quantitative estimate of drug-likeness (QED) is 0.497. The summed E-state index contributed by atoms with van der Waals surface area (Å²) >= 11 is 5.90. The van der Waals surface area contributed by atoms with E-state index in [2.05, 4.69) is 5.32 Å². The maximum Gasteiger partial charge on any atom is 0.332 e. The molecule has 0 aliphatic rings. The number of halogens is 3. The number of anilines is 1. The summed E-state index contributed by atoms with van der Waals surface area (Å²) in [5, 5.41) is 3.09. The summed E-state index contributed by atoms with van der Waals surface area (Å²) in [4.78, 5) is 38.7. The molecule has 32 heavy (non-hydrogen) atoms. The monoisotopic (exact) mass is 455 g/mol. The largest absolute Gasteiger partial charge is 0.332 e. The molecule has 0 saturated carbocycles. The zero-order valence-corrected chi connectivity index (χ0v) is 17.3. The third kappa shape index (κ3) is 4.31. The molecule has 3 aromatic carbocycles. The molecule has 0 saturated heterocycles. The summed E-state index contributed by atoms with van der Waals surface area (Å²) in [5.41, 5.74) is -0.471. The Morgan fingerprint density at radius 1 is 0.938 bits per heavy atom. The minimum Gasteiger partial charge on any atom is -0.322 e. The molecule has 9 heteroatoms. The van der Waals surface area contributed by atoms with E-state index < -0.39 is 35.3 Å². The average molecular weight is 456 g/mol. The first kappa shape index (κ1) is 21.5. The Kier molecular flexibility index (Phi) is 5.87. The first-order valence-corrected chi connectivity index (χ1v) is 9.93. The van der Waals surface area contributed by atoms with Crippen molar-refractivity contribution >= 4 is 34.1 Å². The lowest BCUT2D eigenvalue weighted by atomic mass is 10.2. The van der Waals surface area contributed by atoms with Crippen molar-refractivity contribution in [2.24, 2.45) is 0 Å². The highest BCUT2D eigenvalue weighted by Crippen LogP contribution is 2.16. The van der Waals surface area contributed by atoms with Gasteiger partial charge in [-0.05, 0) is 42.0 Å². The molecule has 1 aromatic heterocycles. The number of benzene rings is 3. The van der Waals surface area contributed by atoms with Crippen molar-refractivity contribution in [1.29, 1.82) is 0 Å². The van der Waals surface area contributed by atoms with E-state index in [0.717, 1.165) is 21.3 Å². The molecule has 0 radical (unpaired) electrons. The van der Waals surface area contributed by atoms with Crippen LogP contribution in [0.4, 0.5) is 14.5 Å². The van der Waals surface area contributed by atoms with E-state index in [0.29, 0.717) is 16.7 Å². The summed E-state index contributed by atoms with van der Waals surface area (Å²) in [6.07, 6.45) is 0. The van der Waals surface area contributed by atoms with E-state index in [1.54, 1.807) is 48.5 Å². The third-order valence-electron chi connectivity index (χ3n) is 4.89. The Balaban J connectivity index is 1.74. The van der Waals surface area contributed by atoms with Gasteiger partial charge in [-0.3, -0.25) is 18.7 Å². The zero-order chi connectivity index (χ0) is 22.8. The van der Waals surface area contributed by atoms with Crippen molar-refractivity contribution in [1.82, 2.24) is 9.13 Å². The van der Waals surface area contributed by atoms with Crippen LogP contribution in [-0.4, -0.2) is 15.0 Å². The van der Waals surface area contributed by atoms with Gasteiger partial charge in [0, 0.05) is 11.1 Å². The van der Waals surface area contributed by atoms with E-state index in [4.69, 9.17) is 11.6 Å². The van der Waals surface area contributed by atoms with Gasteiger partial charge in [0.1, 0.15) is 18.2 Å². The second kappa shape index (κ2) is 8.76. The molecule has 0 unspecified atom stereocenters. The molecule has 1 amide bonds. The average Bonchev–Trinajstić information content (AvgIpc) is 2.77. The van der Waals surface area contributed by atoms with Gasteiger partial charge in [-0.2, -0.15) is 0 Å². The van der Waals surface area contributed by atoms with Crippen molar-refractivity contribution in [2.45, 2.75) is 13.1 Å². The minimum atomic E-state index is -0.941. The molecule has 0 aliphatic heterocycles. The van der Waals surface area contributed by atoms with Crippen molar-refractivity contribution in [3.63, 3.8) is 0 Å². The van der Waals surface area contributed by atoms with Gasteiger partial charge in [0.25, 0.3) is 5.56 Å². The highest BCUT2D eigenvalue weighted by Gasteiger charge is 2.16. The van der Waals surface area contributed by atoms with E-state index >= 15 is 0 Å². The topological polar surface area (TPSA) is 73.1 Å². The van der Waals surface area contributed by atoms with Crippen LogP contribution >= 0.6 is 11.6 Å². The summed E-state index contributed by atoms with van der Waals surface area (Å²) in [5.74, 6) is -2.43. The van der Waals surface area contributed by atoms with Crippen molar-refractivity contribution < 1.29 is 13.6 Å². The molecule has 6 nitrogen and oxygen atoms in total. The zero-order valence-electron chi connectivity index (χ0n) is 16.5. The summed E-state index contributed by atoms with van der Waals surface area (Å²) < 4.78 is 29.2. The van der Waals surface area contributed by atoms with E-state index in [9.17, 15) is 23.2 Å². The number of carbonyl (C=O) groups is 1. The van der Waals surface area contributed by atoms with Crippen LogP contribution in [0.3, 0.4) is 0 Å². The number of fused-ring (bicyclic) bond motifs is 1. The number of hydrogen-bond donors (Lipinski definition) is 1. The lowest BCUT2D eigenvalue weighted by molar-refractivity contribution is -0.116. The molecule has 0 bridgehead atoms. The van der Waals surface area contributed by atoms with Gasteiger partial charge < -0.3 is 5.32 Å². The molecular formula is C23H16ClF2N3O3. The molecule has 1 heterocycles. The smallest absolute Gasteiger partial charge is 0.322 e. The number of amides is 1. The maximum absolute atomic E-state index is 13.9. The third-order valence-corrected chi connectivity index (χ3v) is 5.15. The van der Waals surface area contributed by atoms with Gasteiger partial charge in [0.15, 0.2) is 0 Å². The van der Waals surface area contributed by atoms with Crippen LogP contribution in [0.15, 0.2) is 76.3 Å². The summed E-state index contributed by atoms with van der Waals surface area (Å²) in [6, 6.07) is 15.8. The van der Waals surface area contributed by atoms with Crippen molar-refractivity contribution in [3.05, 3.63) is 110 Å². The van der Waals surface area contributed by atoms with E-state index in [1.807, 2.05) is 0 Å². The van der Waals surface area contributed by atoms with E-state index in [-0.39, 0.29) is 23.1 Å². The summed E-state index contributed by atoms with van der Waals surface area (Å²) in [6.45, 7) is -0.495. The fraction of sp³-hybridized carbons (Fsp3) is 0.0870. The number of carbonyl (C=O) groups excluding carboxylic acids is 1. The Labute approximate surface area is 185 Å². The molecule has 4 aromatic rings. The van der Waals surface area contributed by atoms with Crippen LogP contribution < -0.4 is 16.6 Å². The number of nitrogens with zero attached hydrogens (tertiary/aromatic N) is 2. The lowest BCUT2D eigenvalue weighted by Gasteiger charge is -2.14. The predicted octanol–water partition coefficient (Wildman–Crippen LogP) is 3.78. The number of rotatable bonds is 5. The molecule has 0 atom stereocenters. The Bertz CT molecular complexity index is 1450. The first-order chi connectivity index (χ1) is 15.3. The number of para-hydroxylation sites is 1. The fourth-order valence-electron chi connectivity index (χ4n) is 3.36. The van der Waals surface area contributed by atoms with Crippen molar-refractivity contribution in [3.8, 4) is 0 Å². The minimum absolute atomic E-state index is 0.0200. The summed E-state index contributed by atoms with van der Waals surface area (Å²) in [7, 11) is 0. The Hall–Kier alpha value is -3.78. The molecule has 0 spiro atoms. The van der Waals surface area contributed by atoms with Gasteiger partial charge >= 0.3 is 5.69 Å². The van der Waals surface area contributed by atoms with Crippen LogP contribution in [0.2, 0.25) is 5.02 Å². The first-order valence-electron chi connectivity index (χ1n) is 9.55. The van der Waals surface area contributed by atoms with Crippen LogP contribution in [0.25, 0.3) is 10.9 Å². The normalized spacial score (nSPS) is 11.0. The van der Waals surface area contributed by atoms with Gasteiger partial charge in [-0.1, -0.05) is 35.9 Å². The highest BCUT2D eigenvalue weighted by atomic mass is 35.5.